The molecule has 1 aliphatic heterocycles. The molecule has 5 heteroatoms. The average molecular weight is 272 g/mol. The van der Waals surface area contributed by atoms with Crippen molar-refractivity contribution in [1.82, 2.24) is 0 Å². The first-order valence-electron chi connectivity index (χ1n) is 5.45. The third kappa shape index (κ3) is 2.91. The van der Waals surface area contributed by atoms with Crippen molar-refractivity contribution >= 4 is 23.5 Å². The van der Waals surface area contributed by atoms with Crippen LogP contribution in [0.15, 0.2) is 24.3 Å². The SMILES string of the molecule is COc1ccc(C2SC(CO)C(CO)S2)cc1. The zero-order chi connectivity index (χ0) is 12.3. The molecule has 2 unspecified atom stereocenters. The van der Waals surface area contributed by atoms with Crippen LogP contribution < -0.4 is 4.74 Å². The van der Waals surface area contributed by atoms with Crippen LogP contribution in [0.1, 0.15) is 10.1 Å². The molecule has 17 heavy (non-hydrogen) atoms. The van der Waals surface area contributed by atoms with Gasteiger partial charge in [0.2, 0.25) is 0 Å². The van der Waals surface area contributed by atoms with Crippen LogP contribution in [0, 0.1) is 0 Å². The lowest BCUT2D eigenvalue weighted by molar-refractivity contribution is 0.254. The maximum atomic E-state index is 9.25. The summed E-state index contributed by atoms with van der Waals surface area (Å²) in [7, 11) is 1.65. The van der Waals surface area contributed by atoms with E-state index in [1.165, 1.54) is 5.56 Å². The van der Waals surface area contributed by atoms with E-state index in [1.807, 2.05) is 24.3 Å². The van der Waals surface area contributed by atoms with Crippen molar-refractivity contribution < 1.29 is 14.9 Å². The maximum Gasteiger partial charge on any atom is 0.118 e. The van der Waals surface area contributed by atoms with Crippen LogP contribution in [0.2, 0.25) is 0 Å². The monoisotopic (exact) mass is 272 g/mol. The molecule has 1 aliphatic rings. The number of aliphatic hydroxyl groups excluding tert-OH is 2. The summed E-state index contributed by atoms with van der Waals surface area (Å²) in [5, 5.41) is 18.7. The molecule has 0 saturated carbocycles. The molecule has 1 aromatic carbocycles. The molecule has 0 radical (unpaired) electrons. The predicted molar refractivity (Wildman–Crippen MR) is 72.7 cm³/mol. The second-order valence-corrected chi connectivity index (χ2v) is 6.82. The lowest BCUT2D eigenvalue weighted by Gasteiger charge is -2.10. The Morgan fingerprint density at radius 3 is 2.00 bits per heavy atom. The van der Waals surface area contributed by atoms with Gasteiger partial charge in [-0.05, 0) is 17.7 Å². The van der Waals surface area contributed by atoms with Crippen LogP contribution in [0.3, 0.4) is 0 Å². The number of aliphatic hydroxyl groups is 2. The number of benzene rings is 1. The van der Waals surface area contributed by atoms with E-state index in [-0.39, 0.29) is 28.3 Å². The summed E-state index contributed by atoms with van der Waals surface area (Å²) in [6.45, 7) is 0.241. The minimum absolute atomic E-state index is 0.121. The number of ether oxygens (including phenoxy) is 1. The fraction of sp³-hybridized carbons (Fsp3) is 0.500. The molecule has 1 fully saturated rings. The molecule has 1 saturated heterocycles. The third-order valence-electron chi connectivity index (χ3n) is 2.76. The summed E-state index contributed by atoms with van der Waals surface area (Å²) in [5.41, 5.74) is 1.20. The van der Waals surface area contributed by atoms with Gasteiger partial charge in [0.1, 0.15) is 5.75 Å². The molecule has 0 aromatic heterocycles. The topological polar surface area (TPSA) is 49.7 Å². The summed E-state index contributed by atoms with van der Waals surface area (Å²) in [4.78, 5) is 0. The van der Waals surface area contributed by atoms with Gasteiger partial charge in [0, 0.05) is 10.5 Å². The molecule has 0 aliphatic carbocycles. The highest BCUT2D eigenvalue weighted by Crippen LogP contribution is 2.53. The molecule has 2 N–H and O–H groups in total. The van der Waals surface area contributed by atoms with Crippen LogP contribution >= 0.6 is 23.5 Å². The molecule has 0 spiro atoms. The van der Waals surface area contributed by atoms with Gasteiger partial charge in [0.05, 0.1) is 24.9 Å². The van der Waals surface area contributed by atoms with Crippen molar-refractivity contribution in [2.24, 2.45) is 0 Å². The van der Waals surface area contributed by atoms with Crippen molar-refractivity contribution in [2.75, 3.05) is 20.3 Å². The lowest BCUT2D eigenvalue weighted by atomic mass is 10.2. The molecule has 0 amide bonds. The second kappa shape index (κ2) is 6.00. The molecular formula is C12H16O3S2. The van der Waals surface area contributed by atoms with Crippen LogP contribution in [0.25, 0.3) is 0 Å². The van der Waals surface area contributed by atoms with Gasteiger partial charge in [-0.25, -0.2) is 0 Å². The Labute approximate surface area is 110 Å². The zero-order valence-corrected chi connectivity index (χ0v) is 11.2. The first kappa shape index (κ1) is 13.1. The summed E-state index contributed by atoms with van der Waals surface area (Å²) in [6, 6.07) is 7.96. The van der Waals surface area contributed by atoms with Gasteiger partial charge in [-0.2, -0.15) is 0 Å². The Balaban J connectivity index is 2.07. The predicted octanol–water partition coefficient (Wildman–Crippen LogP) is 1.90. The minimum atomic E-state index is 0.121. The van der Waals surface area contributed by atoms with Crippen LogP contribution in [0.5, 0.6) is 5.75 Å². The van der Waals surface area contributed by atoms with E-state index in [1.54, 1.807) is 30.6 Å². The minimum Gasteiger partial charge on any atom is -0.497 e. The van der Waals surface area contributed by atoms with Gasteiger partial charge in [-0.3, -0.25) is 0 Å². The molecule has 1 aromatic rings. The number of thioether (sulfide) groups is 2. The number of rotatable bonds is 4. The number of hydrogen-bond donors (Lipinski definition) is 2. The van der Waals surface area contributed by atoms with E-state index in [4.69, 9.17) is 4.74 Å². The summed E-state index contributed by atoms with van der Waals surface area (Å²) in [6.07, 6.45) is 0. The Kier molecular flexibility index (Phi) is 4.62. The van der Waals surface area contributed by atoms with Crippen molar-refractivity contribution in [3.8, 4) is 5.75 Å². The molecule has 2 atom stereocenters. The molecular weight excluding hydrogens is 256 g/mol. The maximum absolute atomic E-state index is 9.25. The smallest absolute Gasteiger partial charge is 0.118 e. The van der Waals surface area contributed by atoms with Gasteiger partial charge in [-0.1, -0.05) is 12.1 Å². The summed E-state index contributed by atoms with van der Waals surface area (Å²) in [5.74, 6) is 0.846. The first-order valence-corrected chi connectivity index (χ1v) is 7.33. The first-order chi connectivity index (χ1) is 8.28. The number of methoxy groups -OCH3 is 1. The standard InChI is InChI=1S/C12H16O3S2/c1-15-9-4-2-8(3-5-9)12-16-10(6-13)11(7-14)17-12/h2-5,10-14H,6-7H2,1H3. The van der Waals surface area contributed by atoms with Gasteiger partial charge in [0.25, 0.3) is 0 Å². The van der Waals surface area contributed by atoms with E-state index in [2.05, 4.69) is 0 Å². The number of hydrogen-bond acceptors (Lipinski definition) is 5. The van der Waals surface area contributed by atoms with Crippen molar-refractivity contribution in [2.45, 2.75) is 15.1 Å². The van der Waals surface area contributed by atoms with Crippen LogP contribution in [-0.4, -0.2) is 41.0 Å². The highest BCUT2D eigenvalue weighted by molar-refractivity contribution is 8.20. The normalized spacial score (nSPS) is 28.3. The van der Waals surface area contributed by atoms with Crippen molar-refractivity contribution in [1.29, 1.82) is 0 Å². The van der Waals surface area contributed by atoms with E-state index in [0.29, 0.717) is 0 Å². The summed E-state index contributed by atoms with van der Waals surface area (Å²) < 4.78 is 5.41. The van der Waals surface area contributed by atoms with E-state index < -0.39 is 0 Å². The Morgan fingerprint density at radius 1 is 1.06 bits per heavy atom. The van der Waals surface area contributed by atoms with Crippen LogP contribution in [0.4, 0.5) is 0 Å². The average Bonchev–Trinajstić information content (AvgIpc) is 2.82. The molecule has 94 valence electrons. The fourth-order valence-electron chi connectivity index (χ4n) is 1.76. The van der Waals surface area contributed by atoms with Gasteiger partial charge < -0.3 is 14.9 Å². The largest absolute Gasteiger partial charge is 0.497 e. The third-order valence-corrected chi connectivity index (χ3v) is 6.29. The molecule has 3 nitrogen and oxygen atoms in total. The Hall–Kier alpha value is -0.360. The Bertz CT molecular complexity index is 343. The van der Waals surface area contributed by atoms with Gasteiger partial charge in [-0.15, -0.1) is 23.5 Å². The van der Waals surface area contributed by atoms with E-state index >= 15 is 0 Å². The van der Waals surface area contributed by atoms with Gasteiger partial charge >= 0.3 is 0 Å². The lowest BCUT2D eigenvalue weighted by Crippen LogP contribution is -2.22. The van der Waals surface area contributed by atoms with Crippen LogP contribution in [-0.2, 0) is 0 Å². The van der Waals surface area contributed by atoms with E-state index in [0.717, 1.165) is 5.75 Å². The molecule has 1 heterocycles. The quantitative estimate of drug-likeness (QED) is 0.876. The van der Waals surface area contributed by atoms with E-state index in [9.17, 15) is 10.2 Å². The fourth-order valence-corrected chi connectivity index (χ4v) is 5.22. The summed E-state index contributed by atoms with van der Waals surface area (Å²) >= 11 is 3.44. The zero-order valence-electron chi connectivity index (χ0n) is 9.57. The van der Waals surface area contributed by atoms with Crippen molar-refractivity contribution in [3.05, 3.63) is 29.8 Å². The van der Waals surface area contributed by atoms with Gasteiger partial charge in [0.15, 0.2) is 0 Å². The second-order valence-electron chi connectivity index (χ2n) is 3.82. The molecule has 0 bridgehead atoms. The highest BCUT2D eigenvalue weighted by atomic mass is 32.2. The van der Waals surface area contributed by atoms with Crippen molar-refractivity contribution in [3.63, 3.8) is 0 Å². The highest BCUT2D eigenvalue weighted by Gasteiger charge is 2.35. The molecule has 2 rings (SSSR count). The Morgan fingerprint density at radius 2 is 1.59 bits per heavy atom.